The SMILES string of the molecule is CCC(O)Cc1ccc(O)c(C)c1. The summed E-state index contributed by atoms with van der Waals surface area (Å²) in [5.74, 6) is 0.315. The molecule has 0 aliphatic rings. The molecule has 72 valence electrons. The highest BCUT2D eigenvalue weighted by atomic mass is 16.3. The zero-order valence-corrected chi connectivity index (χ0v) is 8.12. The summed E-state index contributed by atoms with van der Waals surface area (Å²) in [5, 5.41) is 18.7. The van der Waals surface area contributed by atoms with Crippen LogP contribution in [0.15, 0.2) is 18.2 Å². The summed E-state index contributed by atoms with van der Waals surface area (Å²) in [5.41, 5.74) is 1.94. The predicted molar refractivity (Wildman–Crippen MR) is 52.8 cm³/mol. The zero-order valence-electron chi connectivity index (χ0n) is 8.12. The normalized spacial score (nSPS) is 12.8. The largest absolute Gasteiger partial charge is 0.508 e. The Balaban J connectivity index is 2.73. The van der Waals surface area contributed by atoms with Crippen LogP contribution in [-0.4, -0.2) is 16.3 Å². The molecule has 0 radical (unpaired) electrons. The Bertz CT molecular complexity index is 281. The van der Waals surface area contributed by atoms with Crippen LogP contribution in [0.1, 0.15) is 24.5 Å². The Morgan fingerprint density at radius 3 is 2.62 bits per heavy atom. The lowest BCUT2D eigenvalue weighted by Crippen LogP contribution is -2.08. The van der Waals surface area contributed by atoms with Gasteiger partial charge in [-0.15, -0.1) is 0 Å². The number of phenols is 1. The highest BCUT2D eigenvalue weighted by molar-refractivity contribution is 5.35. The molecule has 1 atom stereocenters. The number of aryl methyl sites for hydroxylation is 1. The lowest BCUT2D eigenvalue weighted by Gasteiger charge is -2.08. The minimum atomic E-state index is -0.274. The molecule has 0 saturated carbocycles. The van der Waals surface area contributed by atoms with E-state index in [1.807, 2.05) is 26.0 Å². The number of hydrogen-bond donors (Lipinski definition) is 2. The Labute approximate surface area is 78.8 Å². The smallest absolute Gasteiger partial charge is 0.118 e. The van der Waals surface area contributed by atoms with E-state index in [9.17, 15) is 10.2 Å². The van der Waals surface area contributed by atoms with Crippen LogP contribution < -0.4 is 0 Å². The van der Waals surface area contributed by atoms with E-state index in [0.717, 1.165) is 17.5 Å². The Morgan fingerprint density at radius 1 is 1.38 bits per heavy atom. The van der Waals surface area contributed by atoms with Crippen LogP contribution in [0.5, 0.6) is 5.75 Å². The molecule has 0 amide bonds. The summed E-state index contributed by atoms with van der Waals surface area (Å²) in [6, 6.07) is 5.43. The number of aliphatic hydroxyl groups excluding tert-OH is 1. The Morgan fingerprint density at radius 2 is 2.08 bits per heavy atom. The third kappa shape index (κ3) is 2.74. The van der Waals surface area contributed by atoms with Gasteiger partial charge in [0.05, 0.1) is 6.10 Å². The molecule has 13 heavy (non-hydrogen) atoms. The van der Waals surface area contributed by atoms with Gasteiger partial charge < -0.3 is 10.2 Å². The monoisotopic (exact) mass is 180 g/mol. The summed E-state index contributed by atoms with van der Waals surface area (Å²) in [6.07, 6.45) is 1.15. The molecule has 0 aromatic heterocycles. The summed E-state index contributed by atoms with van der Waals surface area (Å²) in [6.45, 7) is 3.81. The highest BCUT2D eigenvalue weighted by Gasteiger charge is 2.03. The standard InChI is InChI=1S/C11H16O2/c1-3-10(12)7-9-4-5-11(13)8(2)6-9/h4-6,10,12-13H,3,7H2,1-2H3. The first-order valence-electron chi connectivity index (χ1n) is 4.60. The molecule has 1 aromatic carbocycles. The minimum Gasteiger partial charge on any atom is -0.508 e. The van der Waals surface area contributed by atoms with E-state index in [-0.39, 0.29) is 6.10 Å². The zero-order chi connectivity index (χ0) is 9.84. The summed E-state index contributed by atoms with van der Waals surface area (Å²) in [7, 11) is 0. The van der Waals surface area contributed by atoms with Gasteiger partial charge in [0.1, 0.15) is 5.75 Å². The molecule has 0 bridgehead atoms. The fraction of sp³-hybridized carbons (Fsp3) is 0.455. The molecule has 2 heteroatoms. The molecule has 1 unspecified atom stereocenters. The van der Waals surface area contributed by atoms with Crippen molar-refractivity contribution in [3.05, 3.63) is 29.3 Å². The van der Waals surface area contributed by atoms with Gasteiger partial charge >= 0.3 is 0 Å². The maximum Gasteiger partial charge on any atom is 0.118 e. The van der Waals surface area contributed by atoms with E-state index >= 15 is 0 Å². The van der Waals surface area contributed by atoms with Gasteiger partial charge in [-0.25, -0.2) is 0 Å². The lowest BCUT2D eigenvalue weighted by atomic mass is 10.0. The number of rotatable bonds is 3. The predicted octanol–water partition coefficient (Wildman–Crippen LogP) is 2.01. The second-order valence-electron chi connectivity index (χ2n) is 3.39. The molecule has 1 rings (SSSR count). The third-order valence-electron chi connectivity index (χ3n) is 2.20. The van der Waals surface area contributed by atoms with Crippen LogP contribution in [-0.2, 0) is 6.42 Å². The molecular weight excluding hydrogens is 164 g/mol. The van der Waals surface area contributed by atoms with Gasteiger partial charge in [-0.3, -0.25) is 0 Å². The summed E-state index contributed by atoms with van der Waals surface area (Å²) in [4.78, 5) is 0. The molecule has 2 N–H and O–H groups in total. The molecule has 0 heterocycles. The lowest BCUT2D eigenvalue weighted by molar-refractivity contribution is 0.171. The molecular formula is C11H16O2. The molecule has 2 nitrogen and oxygen atoms in total. The van der Waals surface area contributed by atoms with Gasteiger partial charge in [0.25, 0.3) is 0 Å². The number of aliphatic hydroxyl groups is 1. The van der Waals surface area contributed by atoms with Crippen molar-refractivity contribution >= 4 is 0 Å². The summed E-state index contributed by atoms with van der Waals surface area (Å²) < 4.78 is 0. The van der Waals surface area contributed by atoms with Crippen molar-refractivity contribution in [1.29, 1.82) is 0 Å². The Kier molecular flexibility index (Phi) is 3.32. The van der Waals surface area contributed by atoms with Gasteiger partial charge in [0, 0.05) is 0 Å². The molecule has 0 saturated heterocycles. The molecule has 0 aliphatic carbocycles. The number of benzene rings is 1. The molecule has 0 fully saturated rings. The maximum atomic E-state index is 9.41. The van der Waals surface area contributed by atoms with E-state index in [1.54, 1.807) is 6.07 Å². The quantitative estimate of drug-likeness (QED) is 0.747. The minimum absolute atomic E-state index is 0.274. The van der Waals surface area contributed by atoms with E-state index in [1.165, 1.54) is 0 Å². The van der Waals surface area contributed by atoms with Crippen LogP contribution in [0.4, 0.5) is 0 Å². The number of aromatic hydroxyl groups is 1. The third-order valence-corrected chi connectivity index (χ3v) is 2.20. The van der Waals surface area contributed by atoms with Crippen molar-refractivity contribution in [2.75, 3.05) is 0 Å². The average molecular weight is 180 g/mol. The van der Waals surface area contributed by atoms with Gasteiger partial charge in [-0.2, -0.15) is 0 Å². The number of hydrogen-bond acceptors (Lipinski definition) is 2. The second kappa shape index (κ2) is 4.28. The van der Waals surface area contributed by atoms with Gasteiger partial charge in [-0.1, -0.05) is 19.1 Å². The van der Waals surface area contributed by atoms with Gasteiger partial charge in [-0.05, 0) is 37.0 Å². The van der Waals surface area contributed by atoms with Gasteiger partial charge in [0.15, 0.2) is 0 Å². The van der Waals surface area contributed by atoms with Crippen molar-refractivity contribution in [3.8, 4) is 5.75 Å². The first-order valence-corrected chi connectivity index (χ1v) is 4.60. The van der Waals surface area contributed by atoms with E-state index in [0.29, 0.717) is 12.2 Å². The van der Waals surface area contributed by atoms with Crippen molar-refractivity contribution in [2.45, 2.75) is 32.8 Å². The summed E-state index contributed by atoms with van der Waals surface area (Å²) >= 11 is 0. The van der Waals surface area contributed by atoms with Crippen LogP contribution in [0.2, 0.25) is 0 Å². The molecule has 0 aliphatic heterocycles. The first kappa shape index (κ1) is 10.1. The van der Waals surface area contributed by atoms with E-state index in [2.05, 4.69) is 0 Å². The number of phenolic OH excluding ortho intramolecular Hbond substituents is 1. The molecule has 0 spiro atoms. The topological polar surface area (TPSA) is 40.5 Å². The van der Waals surface area contributed by atoms with Crippen LogP contribution >= 0.6 is 0 Å². The second-order valence-corrected chi connectivity index (χ2v) is 3.39. The fourth-order valence-corrected chi connectivity index (χ4v) is 1.26. The first-order chi connectivity index (χ1) is 6.13. The van der Waals surface area contributed by atoms with E-state index < -0.39 is 0 Å². The van der Waals surface area contributed by atoms with Crippen molar-refractivity contribution in [3.63, 3.8) is 0 Å². The maximum absolute atomic E-state index is 9.41. The molecule has 1 aromatic rings. The van der Waals surface area contributed by atoms with Crippen molar-refractivity contribution in [1.82, 2.24) is 0 Å². The average Bonchev–Trinajstić information content (AvgIpc) is 2.11. The van der Waals surface area contributed by atoms with Crippen LogP contribution in [0.25, 0.3) is 0 Å². The van der Waals surface area contributed by atoms with Crippen LogP contribution in [0, 0.1) is 6.92 Å². The van der Waals surface area contributed by atoms with Crippen molar-refractivity contribution < 1.29 is 10.2 Å². The fourth-order valence-electron chi connectivity index (χ4n) is 1.26. The van der Waals surface area contributed by atoms with Crippen LogP contribution in [0.3, 0.4) is 0 Å². The van der Waals surface area contributed by atoms with Crippen molar-refractivity contribution in [2.24, 2.45) is 0 Å². The van der Waals surface area contributed by atoms with Gasteiger partial charge in [0.2, 0.25) is 0 Å². The highest BCUT2D eigenvalue weighted by Crippen LogP contribution is 2.18. The van der Waals surface area contributed by atoms with E-state index in [4.69, 9.17) is 0 Å². The Hall–Kier alpha value is -1.02.